The van der Waals surface area contributed by atoms with Crippen molar-refractivity contribution in [1.82, 2.24) is 0 Å². The molecule has 60 valence electrons. The van der Waals surface area contributed by atoms with E-state index in [1.54, 1.807) is 0 Å². The molecule has 0 aromatic heterocycles. The molecule has 1 saturated carbocycles. The molecule has 2 nitrogen and oxygen atoms in total. The average molecular weight is 143 g/mol. The average Bonchev–Trinajstić information content (AvgIpc) is 2.13. The van der Waals surface area contributed by atoms with Gasteiger partial charge in [0, 0.05) is 0 Å². The van der Waals surface area contributed by atoms with E-state index < -0.39 is 0 Å². The Hall–Kier alpha value is -0.0800. The maximum Gasteiger partial charge on any atom is 0.0580 e. The van der Waals surface area contributed by atoms with Crippen LogP contribution < -0.4 is 5.73 Å². The first kappa shape index (κ1) is 8.02. The van der Waals surface area contributed by atoms with Crippen LogP contribution in [0.15, 0.2) is 0 Å². The lowest BCUT2D eigenvalue weighted by Gasteiger charge is -2.17. The highest BCUT2D eigenvalue weighted by Gasteiger charge is 2.19. The Morgan fingerprint density at radius 3 is 2.60 bits per heavy atom. The number of aliphatic hydroxyl groups is 1. The quantitative estimate of drug-likeness (QED) is 0.535. The lowest BCUT2D eigenvalue weighted by atomic mass is 9.98. The first-order valence-corrected chi connectivity index (χ1v) is 4.22. The van der Waals surface area contributed by atoms with Crippen LogP contribution in [0, 0.1) is 5.92 Å². The van der Waals surface area contributed by atoms with Crippen molar-refractivity contribution in [2.75, 3.05) is 6.54 Å². The fraction of sp³-hybridized carbons (Fsp3) is 1.00. The lowest BCUT2D eigenvalue weighted by Crippen LogP contribution is -2.26. The minimum Gasteiger partial charge on any atom is -0.393 e. The van der Waals surface area contributed by atoms with E-state index in [9.17, 15) is 5.11 Å². The molecule has 0 spiro atoms. The summed E-state index contributed by atoms with van der Waals surface area (Å²) in [5, 5.41) is 9.47. The van der Waals surface area contributed by atoms with Crippen LogP contribution in [0.25, 0.3) is 0 Å². The summed E-state index contributed by atoms with van der Waals surface area (Å²) in [6.45, 7) is 0.654. The number of hydrogen-bond acceptors (Lipinski definition) is 2. The second-order valence-corrected chi connectivity index (χ2v) is 3.20. The number of hydrogen-bond donors (Lipinski definition) is 2. The normalized spacial score (nSPS) is 35.4. The van der Waals surface area contributed by atoms with Gasteiger partial charge in [0.2, 0.25) is 0 Å². The predicted octanol–water partition coefficient (Wildman–Crippen LogP) is 0.886. The van der Waals surface area contributed by atoms with Crippen LogP contribution in [0.2, 0.25) is 0 Å². The third-order valence-electron chi connectivity index (χ3n) is 2.42. The van der Waals surface area contributed by atoms with E-state index in [2.05, 4.69) is 0 Å². The number of rotatable bonds is 1. The molecular formula is C8H17NO. The van der Waals surface area contributed by atoms with Crippen LogP contribution in [-0.2, 0) is 0 Å². The Balaban J connectivity index is 2.35. The summed E-state index contributed by atoms with van der Waals surface area (Å²) >= 11 is 0. The predicted molar refractivity (Wildman–Crippen MR) is 41.6 cm³/mol. The third kappa shape index (κ3) is 1.96. The van der Waals surface area contributed by atoms with E-state index in [1.807, 2.05) is 0 Å². The van der Waals surface area contributed by atoms with E-state index in [0.717, 1.165) is 12.8 Å². The van der Waals surface area contributed by atoms with Gasteiger partial charge in [0.1, 0.15) is 0 Å². The van der Waals surface area contributed by atoms with Crippen molar-refractivity contribution in [3.63, 3.8) is 0 Å². The largest absolute Gasteiger partial charge is 0.393 e. The molecule has 0 bridgehead atoms. The van der Waals surface area contributed by atoms with E-state index >= 15 is 0 Å². The summed E-state index contributed by atoms with van der Waals surface area (Å²) < 4.78 is 0. The molecule has 0 saturated heterocycles. The van der Waals surface area contributed by atoms with Gasteiger partial charge in [0.05, 0.1) is 6.10 Å². The van der Waals surface area contributed by atoms with Gasteiger partial charge in [-0.25, -0.2) is 0 Å². The Morgan fingerprint density at radius 1 is 1.20 bits per heavy atom. The fourth-order valence-corrected chi connectivity index (χ4v) is 1.64. The Labute approximate surface area is 62.4 Å². The summed E-state index contributed by atoms with van der Waals surface area (Å²) in [5.41, 5.74) is 5.50. The van der Waals surface area contributed by atoms with Crippen LogP contribution in [0.3, 0.4) is 0 Å². The molecule has 0 aromatic rings. The van der Waals surface area contributed by atoms with Crippen molar-refractivity contribution in [3.8, 4) is 0 Å². The molecule has 2 unspecified atom stereocenters. The summed E-state index contributed by atoms with van der Waals surface area (Å²) in [6.07, 6.45) is 5.66. The van der Waals surface area contributed by atoms with Crippen LogP contribution in [0.5, 0.6) is 0 Å². The Bertz CT molecular complexity index is 95.3. The van der Waals surface area contributed by atoms with Crippen LogP contribution in [0.1, 0.15) is 32.1 Å². The molecule has 2 heteroatoms. The summed E-state index contributed by atoms with van der Waals surface area (Å²) in [4.78, 5) is 0. The monoisotopic (exact) mass is 143 g/mol. The molecule has 0 aliphatic heterocycles. The molecule has 1 fully saturated rings. The minimum atomic E-state index is -0.118. The van der Waals surface area contributed by atoms with Gasteiger partial charge in [0.25, 0.3) is 0 Å². The Kier molecular flexibility index (Phi) is 3.16. The van der Waals surface area contributed by atoms with Crippen molar-refractivity contribution >= 4 is 0 Å². The minimum absolute atomic E-state index is 0.118. The van der Waals surface area contributed by atoms with Crippen LogP contribution in [0.4, 0.5) is 0 Å². The van der Waals surface area contributed by atoms with Gasteiger partial charge in [-0.1, -0.05) is 19.3 Å². The van der Waals surface area contributed by atoms with Crippen molar-refractivity contribution in [2.24, 2.45) is 11.7 Å². The Morgan fingerprint density at radius 2 is 1.90 bits per heavy atom. The van der Waals surface area contributed by atoms with Gasteiger partial charge < -0.3 is 10.8 Å². The molecule has 3 N–H and O–H groups in total. The van der Waals surface area contributed by atoms with Crippen molar-refractivity contribution in [2.45, 2.75) is 38.2 Å². The number of aliphatic hydroxyl groups excluding tert-OH is 1. The molecule has 0 amide bonds. The SMILES string of the molecule is NCC1CCCCCC1O. The third-order valence-corrected chi connectivity index (χ3v) is 2.42. The molecule has 0 aromatic carbocycles. The highest BCUT2D eigenvalue weighted by Crippen LogP contribution is 2.22. The van der Waals surface area contributed by atoms with Gasteiger partial charge in [-0.05, 0) is 25.3 Å². The topological polar surface area (TPSA) is 46.2 Å². The first-order chi connectivity index (χ1) is 4.84. The molecular weight excluding hydrogens is 126 g/mol. The first-order valence-electron chi connectivity index (χ1n) is 4.22. The summed E-state index contributed by atoms with van der Waals surface area (Å²) in [5.74, 6) is 0.377. The molecule has 1 rings (SSSR count). The summed E-state index contributed by atoms with van der Waals surface area (Å²) in [6, 6.07) is 0. The van der Waals surface area contributed by atoms with Gasteiger partial charge in [-0.15, -0.1) is 0 Å². The van der Waals surface area contributed by atoms with Gasteiger partial charge in [-0.3, -0.25) is 0 Å². The molecule has 10 heavy (non-hydrogen) atoms. The van der Waals surface area contributed by atoms with Gasteiger partial charge in [0.15, 0.2) is 0 Å². The second kappa shape index (κ2) is 3.94. The van der Waals surface area contributed by atoms with E-state index in [-0.39, 0.29) is 6.10 Å². The van der Waals surface area contributed by atoms with Crippen molar-refractivity contribution < 1.29 is 5.11 Å². The standard InChI is InChI=1S/C8H17NO/c9-6-7-4-2-1-3-5-8(7)10/h7-8,10H,1-6,9H2. The molecule has 0 radical (unpaired) electrons. The molecule has 0 heterocycles. The van der Waals surface area contributed by atoms with Crippen molar-refractivity contribution in [1.29, 1.82) is 0 Å². The highest BCUT2D eigenvalue weighted by atomic mass is 16.3. The van der Waals surface area contributed by atoms with Crippen molar-refractivity contribution in [3.05, 3.63) is 0 Å². The fourth-order valence-electron chi connectivity index (χ4n) is 1.64. The van der Waals surface area contributed by atoms with Gasteiger partial charge in [-0.2, -0.15) is 0 Å². The lowest BCUT2D eigenvalue weighted by molar-refractivity contribution is 0.105. The number of nitrogens with two attached hydrogens (primary N) is 1. The van der Waals surface area contributed by atoms with Crippen LogP contribution in [-0.4, -0.2) is 17.8 Å². The summed E-state index contributed by atoms with van der Waals surface area (Å²) in [7, 11) is 0. The smallest absolute Gasteiger partial charge is 0.0580 e. The molecule has 1 aliphatic rings. The van der Waals surface area contributed by atoms with Gasteiger partial charge >= 0.3 is 0 Å². The second-order valence-electron chi connectivity index (χ2n) is 3.20. The zero-order valence-corrected chi connectivity index (χ0v) is 6.42. The zero-order chi connectivity index (χ0) is 7.40. The molecule has 1 aliphatic carbocycles. The molecule has 2 atom stereocenters. The highest BCUT2D eigenvalue weighted by molar-refractivity contribution is 4.72. The zero-order valence-electron chi connectivity index (χ0n) is 6.42. The van der Waals surface area contributed by atoms with Crippen LogP contribution >= 0.6 is 0 Å². The maximum atomic E-state index is 9.47. The maximum absolute atomic E-state index is 9.47. The van der Waals surface area contributed by atoms with E-state index in [4.69, 9.17) is 5.73 Å². The van der Waals surface area contributed by atoms with E-state index in [0.29, 0.717) is 12.5 Å². The van der Waals surface area contributed by atoms with E-state index in [1.165, 1.54) is 19.3 Å².